The summed E-state index contributed by atoms with van der Waals surface area (Å²) >= 11 is 0. The predicted octanol–water partition coefficient (Wildman–Crippen LogP) is 1.88. The largest absolute Gasteiger partial charge is 0.364 e. The van der Waals surface area contributed by atoms with E-state index < -0.39 is 5.91 Å². The quantitative estimate of drug-likeness (QED) is 0.897. The minimum atomic E-state index is -0.445. The van der Waals surface area contributed by atoms with Crippen LogP contribution in [0.3, 0.4) is 0 Å². The van der Waals surface area contributed by atoms with Gasteiger partial charge in [-0.25, -0.2) is 4.98 Å². The number of hydrogen-bond acceptors (Lipinski definition) is 3. The number of hydrogen-bond donors (Lipinski definition) is 1. The Morgan fingerprint density at radius 2 is 2.05 bits per heavy atom. The summed E-state index contributed by atoms with van der Waals surface area (Å²) in [6.07, 6.45) is 5.16. The van der Waals surface area contributed by atoms with E-state index in [-0.39, 0.29) is 5.41 Å². The topological polar surface area (TPSA) is 64.2 Å². The highest BCUT2D eigenvalue weighted by atomic mass is 16.1. The number of rotatable bonds is 2. The number of amides is 1. The van der Waals surface area contributed by atoms with Crippen molar-refractivity contribution in [2.75, 3.05) is 13.6 Å². The number of fused-ring (bicyclic) bond motifs is 1. The van der Waals surface area contributed by atoms with Gasteiger partial charge in [0.15, 0.2) is 5.69 Å². The van der Waals surface area contributed by atoms with Gasteiger partial charge in [0, 0.05) is 13.1 Å². The molecule has 2 N–H and O–H groups in total. The van der Waals surface area contributed by atoms with E-state index in [0.29, 0.717) is 12.2 Å². The Hall–Kier alpha value is -1.62. The molecule has 1 aromatic rings. The molecule has 0 unspecified atom stereocenters. The van der Waals surface area contributed by atoms with Gasteiger partial charge in [0.05, 0.1) is 5.69 Å². The van der Waals surface area contributed by atoms with Crippen LogP contribution in [0.4, 0.5) is 0 Å². The van der Waals surface area contributed by atoms with Crippen molar-refractivity contribution in [2.45, 2.75) is 40.3 Å². The minimum Gasteiger partial charge on any atom is -0.364 e. The Morgan fingerprint density at radius 3 is 2.65 bits per heavy atom. The number of nitrogens with two attached hydrogens (primary N) is 1. The van der Waals surface area contributed by atoms with Gasteiger partial charge < -0.3 is 15.2 Å². The highest BCUT2D eigenvalue weighted by Crippen LogP contribution is 2.22. The standard InChI is InChI=1S/C15H24N4O/c1-15(2,3)7-6-12-17-13(14(16)20)11-10-18(4)8-5-9-19(11)12/h6-7H,5,8-10H2,1-4H3,(H2,16,20)/b7-6+. The molecule has 1 aromatic heterocycles. The average Bonchev–Trinajstić information content (AvgIpc) is 2.53. The number of aromatic nitrogens is 2. The molecule has 5 nitrogen and oxygen atoms in total. The molecule has 5 heteroatoms. The Kier molecular flexibility index (Phi) is 3.99. The molecule has 0 saturated carbocycles. The first-order chi connectivity index (χ1) is 9.28. The second-order valence-corrected chi connectivity index (χ2v) is 6.57. The van der Waals surface area contributed by atoms with E-state index in [9.17, 15) is 4.79 Å². The third kappa shape index (κ3) is 3.28. The molecule has 1 aliphatic heterocycles. The van der Waals surface area contributed by atoms with Gasteiger partial charge in [-0.15, -0.1) is 0 Å². The minimum absolute atomic E-state index is 0.0841. The lowest BCUT2D eigenvalue weighted by molar-refractivity contribution is 0.0994. The van der Waals surface area contributed by atoms with Crippen LogP contribution in [-0.2, 0) is 13.1 Å². The number of allylic oxidation sites excluding steroid dienone is 1. The van der Waals surface area contributed by atoms with Crippen molar-refractivity contribution in [1.82, 2.24) is 14.5 Å². The molecule has 0 spiro atoms. The van der Waals surface area contributed by atoms with Crippen molar-refractivity contribution in [2.24, 2.45) is 11.1 Å². The van der Waals surface area contributed by atoms with Gasteiger partial charge in [0.1, 0.15) is 5.82 Å². The molecule has 0 atom stereocenters. The van der Waals surface area contributed by atoms with E-state index >= 15 is 0 Å². The Labute approximate surface area is 120 Å². The third-order valence-electron chi connectivity index (χ3n) is 3.41. The van der Waals surface area contributed by atoms with Crippen LogP contribution in [0.2, 0.25) is 0 Å². The van der Waals surface area contributed by atoms with Crippen molar-refractivity contribution in [1.29, 1.82) is 0 Å². The fourth-order valence-corrected chi connectivity index (χ4v) is 2.40. The zero-order valence-corrected chi connectivity index (χ0v) is 12.8. The van der Waals surface area contributed by atoms with Crippen molar-refractivity contribution < 1.29 is 4.79 Å². The summed E-state index contributed by atoms with van der Waals surface area (Å²) in [5, 5.41) is 0. The Morgan fingerprint density at radius 1 is 1.35 bits per heavy atom. The van der Waals surface area contributed by atoms with Gasteiger partial charge >= 0.3 is 0 Å². The molecule has 0 aliphatic carbocycles. The highest BCUT2D eigenvalue weighted by Gasteiger charge is 2.22. The number of carbonyl (C=O) groups excluding carboxylic acids is 1. The molecule has 110 valence electrons. The van der Waals surface area contributed by atoms with Gasteiger partial charge in [-0.1, -0.05) is 26.8 Å². The van der Waals surface area contributed by atoms with Gasteiger partial charge in [0.2, 0.25) is 0 Å². The van der Waals surface area contributed by atoms with Crippen LogP contribution in [0.25, 0.3) is 6.08 Å². The molecule has 0 saturated heterocycles. The van der Waals surface area contributed by atoms with Crippen molar-refractivity contribution in [3.05, 3.63) is 23.3 Å². The summed E-state index contributed by atoms with van der Waals surface area (Å²) in [5.74, 6) is 0.387. The second-order valence-electron chi connectivity index (χ2n) is 6.57. The monoisotopic (exact) mass is 276 g/mol. The molecule has 0 radical (unpaired) electrons. The fourth-order valence-electron chi connectivity index (χ4n) is 2.40. The van der Waals surface area contributed by atoms with Crippen molar-refractivity contribution in [3.8, 4) is 0 Å². The van der Waals surface area contributed by atoms with E-state index in [4.69, 9.17) is 5.73 Å². The fraction of sp³-hybridized carbons (Fsp3) is 0.600. The lowest BCUT2D eigenvalue weighted by atomic mass is 9.96. The third-order valence-corrected chi connectivity index (χ3v) is 3.41. The number of imidazole rings is 1. The summed E-state index contributed by atoms with van der Waals surface area (Å²) in [6, 6.07) is 0. The average molecular weight is 276 g/mol. The van der Waals surface area contributed by atoms with Crippen LogP contribution in [-0.4, -0.2) is 34.0 Å². The molecule has 2 rings (SSSR count). The molecular formula is C15H24N4O. The summed E-state index contributed by atoms with van der Waals surface area (Å²) in [6.45, 7) is 9.02. The van der Waals surface area contributed by atoms with Gasteiger partial charge in [-0.2, -0.15) is 0 Å². The van der Waals surface area contributed by atoms with E-state index in [2.05, 4.69) is 48.3 Å². The first-order valence-corrected chi connectivity index (χ1v) is 7.05. The maximum atomic E-state index is 11.6. The van der Waals surface area contributed by atoms with Crippen molar-refractivity contribution in [3.63, 3.8) is 0 Å². The van der Waals surface area contributed by atoms with E-state index in [1.165, 1.54) is 0 Å². The SMILES string of the molecule is CN1CCCn2c(/C=C/C(C)(C)C)nc(C(N)=O)c2C1. The van der Waals surface area contributed by atoms with E-state index in [1.54, 1.807) is 0 Å². The lowest BCUT2D eigenvalue weighted by Crippen LogP contribution is -2.21. The molecule has 0 fully saturated rings. The number of carbonyl (C=O) groups is 1. The Bertz CT molecular complexity index is 537. The summed E-state index contributed by atoms with van der Waals surface area (Å²) in [5.41, 5.74) is 6.90. The zero-order valence-electron chi connectivity index (χ0n) is 12.8. The maximum absolute atomic E-state index is 11.6. The number of nitrogens with zero attached hydrogens (tertiary/aromatic N) is 3. The predicted molar refractivity (Wildman–Crippen MR) is 80.2 cm³/mol. The number of primary amides is 1. The van der Waals surface area contributed by atoms with Gasteiger partial charge in [0.25, 0.3) is 5.91 Å². The van der Waals surface area contributed by atoms with Gasteiger partial charge in [-0.05, 0) is 31.5 Å². The first-order valence-electron chi connectivity index (χ1n) is 7.05. The van der Waals surface area contributed by atoms with Crippen LogP contribution in [0.15, 0.2) is 6.08 Å². The van der Waals surface area contributed by atoms with Crippen LogP contribution in [0, 0.1) is 5.41 Å². The molecular weight excluding hydrogens is 252 g/mol. The summed E-state index contributed by atoms with van der Waals surface area (Å²) < 4.78 is 2.13. The van der Waals surface area contributed by atoms with E-state index in [1.807, 2.05) is 6.08 Å². The lowest BCUT2D eigenvalue weighted by Gasteiger charge is -2.12. The van der Waals surface area contributed by atoms with Crippen LogP contribution in [0.1, 0.15) is 49.2 Å². The maximum Gasteiger partial charge on any atom is 0.269 e. The molecule has 0 bridgehead atoms. The molecule has 2 heterocycles. The normalized spacial score (nSPS) is 17.2. The van der Waals surface area contributed by atoms with Gasteiger partial charge in [-0.3, -0.25) is 4.79 Å². The highest BCUT2D eigenvalue weighted by molar-refractivity contribution is 5.92. The van der Waals surface area contributed by atoms with Crippen LogP contribution < -0.4 is 5.73 Å². The Balaban J connectivity index is 2.46. The second kappa shape index (κ2) is 5.40. The summed E-state index contributed by atoms with van der Waals surface area (Å²) in [7, 11) is 2.05. The van der Waals surface area contributed by atoms with Crippen molar-refractivity contribution >= 4 is 12.0 Å². The zero-order chi connectivity index (χ0) is 14.9. The van der Waals surface area contributed by atoms with Crippen LogP contribution in [0.5, 0.6) is 0 Å². The molecule has 20 heavy (non-hydrogen) atoms. The molecule has 0 aromatic carbocycles. The summed E-state index contributed by atoms with van der Waals surface area (Å²) in [4.78, 5) is 18.3. The first kappa shape index (κ1) is 14.8. The molecule has 1 amide bonds. The van der Waals surface area contributed by atoms with E-state index in [0.717, 1.165) is 31.0 Å². The smallest absolute Gasteiger partial charge is 0.269 e. The molecule has 1 aliphatic rings. The van der Waals surface area contributed by atoms with Crippen LogP contribution >= 0.6 is 0 Å².